The van der Waals surface area contributed by atoms with Gasteiger partial charge in [-0.1, -0.05) is 91.0 Å². The van der Waals surface area contributed by atoms with E-state index in [4.69, 9.17) is 27.8 Å². The predicted molar refractivity (Wildman–Crippen MR) is 120 cm³/mol. The van der Waals surface area contributed by atoms with E-state index in [-0.39, 0.29) is 6.61 Å². The molecule has 2 saturated heterocycles. The molecule has 2 heterocycles. The molecule has 5 rings (SSSR count). The van der Waals surface area contributed by atoms with Crippen LogP contribution >= 0.6 is 0 Å². The Hall–Kier alpha value is -2.54. The maximum atomic E-state index is 8.56. The number of benzene rings is 3. The van der Waals surface area contributed by atoms with E-state index >= 15 is 0 Å². The van der Waals surface area contributed by atoms with Crippen LogP contribution in [0.5, 0.6) is 0 Å². The van der Waals surface area contributed by atoms with Crippen molar-refractivity contribution >= 4 is 0 Å². The molecule has 0 aliphatic carbocycles. The second-order valence-corrected chi connectivity index (χ2v) is 7.76. The smallest absolute Gasteiger partial charge is 0.187 e. The minimum absolute atomic E-state index is 0.133. The molecule has 0 spiro atoms. The number of hydrogen-bond acceptors (Lipinski definition) is 5. The largest absolute Gasteiger partial charge is 0.374 e. The SMILES string of the molecule is [2H]C(OC[C@H]1OC2O[C@H]1[C@H](OC([2H])c1ccccc1)[C@H]2OC([2H])c1ccccc1)c1ccccc1. The second kappa shape index (κ2) is 10.4. The fourth-order valence-electron chi connectivity index (χ4n) is 3.89. The molecule has 5 heteroatoms. The number of ether oxygens (including phenoxy) is 5. The van der Waals surface area contributed by atoms with Gasteiger partial charge in [0.1, 0.15) is 24.4 Å². The Balaban J connectivity index is 1.29. The molecule has 3 aromatic carbocycles. The number of fused-ring (bicyclic) bond motifs is 2. The van der Waals surface area contributed by atoms with E-state index in [9.17, 15) is 0 Å². The summed E-state index contributed by atoms with van der Waals surface area (Å²) in [6, 6.07) is 27.8. The highest BCUT2D eigenvalue weighted by molar-refractivity contribution is 5.15. The van der Waals surface area contributed by atoms with Crippen LogP contribution in [0.1, 0.15) is 20.8 Å². The van der Waals surface area contributed by atoms with Crippen LogP contribution in [0.4, 0.5) is 0 Å². The third kappa shape index (κ3) is 5.09. The molecule has 0 saturated carbocycles. The molecule has 32 heavy (non-hydrogen) atoms. The third-order valence-electron chi connectivity index (χ3n) is 5.48. The maximum absolute atomic E-state index is 8.56. The highest BCUT2D eigenvalue weighted by Crippen LogP contribution is 2.38. The summed E-state index contributed by atoms with van der Waals surface area (Å²) >= 11 is 0. The monoisotopic (exact) mass is 435 g/mol. The van der Waals surface area contributed by atoms with Crippen LogP contribution in [-0.4, -0.2) is 37.3 Å². The van der Waals surface area contributed by atoms with Crippen LogP contribution in [-0.2, 0) is 43.4 Å². The Labute approximate surface area is 193 Å². The van der Waals surface area contributed by atoms with Crippen molar-refractivity contribution in [3.05, 3.63) is 108 Å². The molecule has 5 nitrogen and oxygen atoms in total. The van der Waals surface area contributed by atoms with Gasteiger partial charge in [0.05, 0.1) is 30.5 Å². The van der Waals surface area contributed by atoms with Crippen molar-refractivity contribution in [2.75, 3.05) is 6.61 Å². The van der Waals surface area contributed by atoms with Crippen molar-refractivity contribution in [3.63, 3.8) is 0 Å². The molecule has 2 bridgehead atoms. The summed E-state index contributed by atoms with van der Waals surface area (Å²) in [5.74, 6) is 0. The Morgan fingerprint density at radius 1 is 0.625 bits per heavy atom. The lowest BCUT2D eigenvalue weighted by Gasteiger charge is -2.32. The van der Waals surface area contributed by atoms with E-state index in [0.29, 0.717) is 11.1 Å². The molecule has 3 aromatic rings. The topological polar surface area (TPSA) is 46.2 Å². The van der Waals surface area contributed by atoms with Crippen molar-refractivity contribution in [2.24, 2.45) is 0 Å². The minimum Gasteiger partial charge on any atom is -0.374 e. The lowest BCUT2D eigenvalue weighted by molar-refractivity contribution is -0.183. The molecule has 8 atom stereocenters. The lowest BCUT2D eigenvalue weighted by Crippen LogP contribution is -2.49. The van der Waals surface area contributed by atoms with Gasteiger partial charge in [-0.3, -0.25) is 0 Å². The zero-order chi connectivity index (χ0) is 24.2. The van der Waals surface area contributed by atoms with Gasteiger partial charge in [0, 0.05) is 0 Å². The molecule has 0 amide bonds. The van der Waals surface area contributed by atoms with Gasteiger partial charge in [-0.05, 0) is 16.7 Å². The third-order valence-corrected chi connectivity index (χ3v) is 5.48. The fourth-order valence-corrected chi connectivity index (χ4v) is 3.89. The van der Waals surface area contributed by atoms with Gasteiger partial charge in [-0.25, -0.2) is 0 Å². The Bertz CT molecular complexity index is 1060. The average Bonchev–Trinajstić information content (AvgIpc) is 3.47. The standard InChI is InChI=1S/C27H28O5/c1-4-10-20(11-5-1)16-28-19-23-24-25(29-17-21-12-6-2-7-13-21)26(27(31-23)32-24)30-18-22-14-8-3-9-15-22/h1-15,23-27H,16-19H2/t23-,24-,25+,26-,27?/m1/s1/i16D,17D,18D/t16?,17?,18?,23-,24-,25+,26-,27?. The summed E-state index contributed by atoms with van der Waals surface area (Å²) in [6.45, 7) is -2.63. The first-order chi connectivity index (χ1) is 17.1. The van der Waals surface area contributed by atoms with Gasteiger partial charge in [-0.15, -0.1) is 0 Å². The second-order valence-electron chi connectivity index (χ2n) is 7.76. The minimum atomic E-state index is -0.954. The van der Waals surface area contributed by atoms with E-state index < -0.39 is 50.5 Å². The highest BCUT2D eigenvalue weighted by atomic mass is 16.8. The molecule has 2 aliphatic rings. The van der Waals surface area contributed by atoms with Crippen LogP contribution in [0.25, 0.3) is 0 Å². The fraction of sp³-hybridized carbons (Fsp3) is 0.333. The predicted octanol–water partition coefficient (Wildman–Crippen LogP) is 4.50. The van der Waals surface area contributed by atoms with Crippen LogP contribution in [0.2, 0.25) is 0 Å². The Morgan fingerprint density at radius 2 is 1.12 bits per heavy atom. The first kappa shape index (κ1) is 18.0. The summed E-state index contributed by atoms with van der Waals surface area (Å²) in [5, 5.41) is 0. The van der Waals surface area contributed by atoms with Gasteiger partial charge < -0.3 is 23.7 Å². The number of hydrogen-bond donors (Lipinski definition) is 0. The van der Waals surface area contributed by atoms with Gasteiger partial charge in [-0.2, -0.15) is 0 Å². The molecular weight excluding hydrogens is 404 g/mol. The zero-order valence-corrected chi connectivity index (χ0v) is 17.5. The summed E-state index contributed by atoms with van der Waals surface area (Å²) < 4.78 is 55.4. The van der Waals surface area contributed by atoms with E-state index in [0.717, 1.165) is 5.56 Å². The van der Waals surface area contributed by atoms with Gasteiger partial charge in [0.15, 0.2) is 6.29 Å². The van der Waals surface area contributed by atoms with Gasteiger partial charge >= 0.3 is 0 Å². The first-order valence-electron chi connectivity index (χ1n) is 12.5. The van der Waals surface area contributed by atoms with Crippen molar-refractivity contribution in [1.29, 1.82) is 0 Å². The molecular formula is C27H28O5. The zero-order valence-electron chi connectivity index (χ0n) is 20.5. The molecule has 166 valence electrons. The number of rotatable bonds is 10. The molecule has 0 aromatic heterocycles. The summed E-state index contributed by atoms with van der Waals surface area (Å²) in [4.78, 5) is 0. The van der Waals surface area contributed by atoms with E-state index in [1.165, 1.54) is 0 Å². The summed E-state index contributed by atoms with van der Waals surface area (Å²) in [7, 11) is 0. The molecule has 2 fully saturated rings. The van der Waals surface area contributed by atoms with Crippen LogP contribution in [0, 0.1) is 0 Å². The Kier molecular flexibility index (Phi) is 5.83. The van der Waals surface area contributed by atoms with Crippen molar-refractivity contribution in [2.45, 2.75) is 50.5 Å². The quantitative estimate of drug-likeness (QED) is 0.469. The first-order valence-corrected chi connectivity index (χ1v) is 10.7. The Morgan fingerprint density at radius 3 is 1.69 bits per heavy atom. The van der Waals surface area contributed by atoms with Crippen molar-refractivity contribution in [1.82, 2.24) is 0 Å². The summed E-state index contributed by atoms with van der Waals surface area (Å²) in [5.41, 5.74) is 2.17. The average molecular weight is 436 g/mol. The van der Waals surface area contributed by atoms with Crippen molar-refractivity contribution in [3.8, 4) is 0 Å². The van der Waals surface area contributed by atoms with Crippen LogP contribution in [0.3, 0.4) is 0 Å². The molecule has 0 N–H and O–H groups in total. The molecule has 4 unspecified atom stereocenters. The molecule has 0 radical (unpaired) electrons. The lowest BCUT2D eigenvalue weighted by atomic mass is 10.0. The van der Waals surface area contributed by atoms with Gasteiger partial charge in [0.25, 0.3) is 0 Å². The molecule has 2 aliphatic heterocycles. The summed E-state index contributed by atoms with van der Waals surface area (Å²) in [6.07, 6.45) is -3.10. The maximum Gasteiger partial charge on any atom is 0.187 e. The van der Waals surface area contributed by atoms with Gasteiger partial charge in [0.2, 0.25) is 0 Å². The van der Waals surface area contributed by atoms with Crippen LogP contribution in [0.15, 0.2) is 91.0 Å². The van der Waals surface area contributed by atoms with E-state index in [2.05, 4.69) is 0 Å². The van der Waals surface area contributed by atoms with Crippen molar-refractivity contribution < 1.29 is 27.8 Å². The highest BCUT2D eigenvalue weighted by Gasteiger charge is 2.57. The van der Waals surface area contributed by atoms with E-state index in [1.54, 1.807) is 0 Å². The normalized spacial score (nSPS) is 30.8. The van der Waals surface area contributed by atoms with E-state index in [1.807, 2.05) is 91.0 Å². The van der Waals surface area contributed by atoms with Crippen LogP contribution < -0.4 is 0 Å².